The van der Waals surface area contributed by atoms with Crippen LogP contribution in [0.3, 0.4) is 0 Å². The Morgan fingerprint density at radius 1 is 1.25 bits per heavy atom. The molecule has 0 spiro atoms. The van der Waals surface area contributed by atoms with Gasteiger partial charge in [-0.05, 0) is 31.5 Å². The number of ether oxygens (including phenoxy) is 1. The van der Waals surface area contributed by atoms with Crippen molar-refractivity contribution in [3.8, 4) is 0 Å². The van der Waals surface area contributed by atoms with Gasteiger partial charge in [0.25, 0.3) is 10.0 Å². The quantitative estimate of drug-likeness (QED) is 0.605. The molecule has 0 unspecified atom stereocenters. The number of nitrogens with one attached hydrogen (secondary N) is 2. The SMILES string of the molecule is CCCOCCCNS(=O)(=O)c1ccc(CNCC)o1. The van der Waals surface area contributed by atoms with E-state index in [2.05, 4.69) is 10.0 Å². The highest BCUT2D eigenvalue weighted by Crippen LogP contribution is 2.13. The van der Waals surface area contributed by atoms with Crippen LogP contribution in [0.25, 0.3) is 0 Å². The topological polar surface area (TPSA) is 80.6 Å². The maximum Gasteiger partial charge on any atom is 0.273 e. The highest BCUT2D eigenvalue weighted by molar-refractivity contribution is 7.89. The van der Waals surface area contributed by atoms with E-state index in [0.717, 1.165) is 13.0 Å². The molecule has 0 bridgehead atoms. The minimum atomic E-state index is -3.56. The first kappa shape index (κ1) is 17.2. The molecule has 0 saturated carbocycles. The van der Waals surface area contributed by atoms with Gasteiger partial charge < -0.3 is 14.5 Å². The predicted molar refractivity (Wildman–Crippen MR) is 77.0 cm³/mol. The molecule has 0 aliphatic carbocycles. The van der Waals surface area contributed by atoms with Crippen LogP contribution in [0.2, 0.25) is 0 Å². The van der Waals surface area contributed by atoms with Crippen LogP contribution in [-0.4, -0.2) is 34.7 Å². The predicted octanol–water partition coefficient (Wildman–Crippen LogP) is 1.48. The zero-order valence-electron chi connectivity index (χ0n) is 12.1. The molecular weight excluding hydrogens is 280 g/mol. The van der Waals surface area contributed by atoms with E-state index in [9.17, 15) is 8.42 Å². The number of hydrogen-bond donors (Lipinski definition) is 2. The zero-order valence-corrected chi connectivity index (χ0v) is 13.0. The molecule has 1 aromatic rings. The number of furan rings is 1. The summed E-state index contributed by atoms with van der Waals surface area (Å²) in [6.45, 7) is 6.94. The van der Waals surface area contributed by atoms with Gasteiger partial charge in [0, 0.05) is 19.8 Å². The van der Waals surface area contributed by atoms with Crippen LogP contribution in [0.1, 0.15) is 32.4 Å². The summed E-state index contributed by atoms with van der Waals surface area (Å²) in [5, 5.41) is 3.03. The molecule has 0 radical (unpaired) electrons. The summed E-state index contributed by atoms with van der Waals surface area (Å²) >= 11 is 0. The first-order valence-electron chi connectivity index (χ1n) is 6.97. The Kier molecular flexibility index (Phi) is 7.83. The van der Waals surface area contributed by atoms with E-state index in [0.29, 0.717) is 38.5 Å². The van der Waals surface area contributed by atoms with Gasteiger partial charge in [-0.3, -0.25) is 0 Å². The lowest BCUT2D eigenvalue weighted by Gasteiger charge is -2.05. The lowest BCUT2D eigenvalue weighted by molar-refractivity contribution is 0.133. The summed E-state index contributed by atoms with van der Waals surface area (Å²) in [6, 6.07) is 3.14. The first-order chi connectivity index (χ1) is 9.60. The lowest BCUT2D eigenvalue weighted by Crippen LogP contribution is -2.25. The number of hydrogen-bond acceptors (Lipinski definition) is 5. The van der Waals surface area contributed by atoms with E-state index in [4.69, 9.17) is 9.15 Å². The molecule has 0 aliphatic heterocycles. The fourth-order valence-corrected chi connectivity index (χ4v) is 2.56. The number of sulfonamides is 1. The zero-order chi connectivity index (χ0) is 14.8. The standard InChI is InChI=1S/C13H24N2O4S/c1-3-9-18-10-5-8-15-20(16,17)13-7-6-12(19-13)11-14-4-2/h6-7,14-15H,3-5,8-11H2,1-2H3. The molecule has 1 heterocycles. The molecule has 0 aromatic carbocycles. The van der Waals surface area contributed by atoms with Gasteiger partial charge in [-0.1, -0.05) is 13.8 Å². The van der Waals surface area contributed by atoms with Gasteiger partial charge >= 0.3 is 0 Å². The summed E-state index contributed by atoms with van der Waals surface area (Å²) in [7, 11) is -3.56. The van der Waals surface area contributed by atoms with Crippen LogP contribution in [0.15, 0.2) is 21.6 Å². The second-order valence-electron chi connectivity index (χ2n) is 4.36. The molecule has 1 aromatic heterocycles. The van der Waals surface area contributed by atoms with Gasteiger partial charge in [-0.2, -0.15) is 0 Å². The fourth-order valence-electron chi connectivity index (χ4n) is 1.54. The summed E-state index contributed by atoms with van der Waals surface area (Å²) in [5.74, 6) is 0.610. The molecule has 116 valence electrons. The molecule has 0 amide bonds. The molecule has 0 atom stereocenters. The third kappa shape index (κ3) is 6.04. The maximum atomic E-state index is 11.9. The van der Waals surface area contributed by atoms with E-state index in [1.165, 1.54) is 6.07 Å². The van der Waals surface area contributed by atoms with Gasteiger partial charge in [0.1, 0.15) is 5.76 Å². The van der Waals surface area contributed by atoms with E-state index in [1.807, 2.05) is 13.8 Å². The van der Waals surface area contributed by atoms with E-state index in [1.54, 1.807) is 6.07 Å². The molecule has 20 heavy (non-hydrogen) atoms. The summed E-state index contributed by atoms with van der Waals surface area (Å²) in [6.07, 6.45) is 1.61. The average Bonchev–Trinajstić information content (AvgIpc) is 2.90. The minimum Gasteiger partial charge on any atom is -0.447 e. The third-order valence-corrected chi connectivity index (χ3v) is 3.89. The largest absolute Gasteiger partial charge is 0.447 e. The minimum absolute atomic E-state index is 0.0418. The normalized spacial score (nSPS) is 11.9. The Labute approximate surface area is 120 Å². The maximum absolute atomic E-state index is 11.9. The van der Waals surface area contributed by atoms with Crippen LogP contribution >= 0.6 is 0 Å². The molecule has 0 aliphatic rings. The van der Waals surface area contributed by atoms with Crippen molar-refractivity contribution in [3.05, 3.63) is 17.9 Å². The van der Waals surface area contributed by atoms with Crippen LogP contribution in [-0.2, 0) is 21.3 Å². The van der Waals surface area contributed by atoms with Gasteiger partial charge in [-0.15, -0.1) is 0 Å². The van der Waals surface area contributed by atoms with Crippen molar-refractivity contribution in [1.29, 1.82) is 0 Å². The van der Waals surface area contributed by atoms with E-state index >= 15 is 0 Å². The van der Waals surface area contributed by atoms with Crippen LogP contribution in [0.5, 0.6) is 0 Å². The summed E-state index contributed by atoms with van der Waals surface area (Å²) < 4.78 is 37.0. The summed E-state index contributed by atoms with van der Waals surface area (Å²) in [4.78, 5) is 0. The highest BCUT2D eigenvalue weighted by Gasteiger charge is 2.17. The Balaban J connectivity index is 2.38. The molecule has 6 nitrogen and oxygen atoms in total. The Morgan fingerprint density at radius 3 is 2.75 bits per heavy atom. The molecule has 2 N–H and O–H groups in total. The third-order valence-electron chi connectivity index (χ3n) is 2.56. The highest BCUT2D eigenvalue weighted by atomic mass is 32.2. The number of rotatable bonds is 11. The first-order valence-corrected chi connectivity index (χ1v) is 8.45. The van der Waals surface area contributed by atoms with Crippen molar-refractivity contribution in [2.75, 3.05) is 26.3 Å². The van der Waals surface area contributed by atoms with Crippen LogP contribution in [0.4, 0.5) is 0 Å². The lowest BCUT2D eigenvalue weighted by atomic mass is 10.4. The van der Waals surface area contributed by atoms with Gasteiger partial charge in [0.05, 0.1) is 6.54 Å². The van der Waals surface area contributed by atoms with Gasteiger partial charge in [0.15, 0.2) is 0 Å². The van der Waals surface area contributed by atoms with Crippen LogP contribution in [0, 0.1) is 0 Å². The Morgan fingerprint density at radius 2 is 2.05 bits per heavy atom. The van der Waals surface area contributed by atoms with Crippen molar-refractivity contribution in [2.24, 2.45) is 0 Å². The van der Waals surface area contributed by atoms with Crippen molar-refractivity contribution < 1.29 is 17.6 Å². The molecule has 0 saturated heterocycles. The van der Waals surface area contributed by atoms with E-state index < -0.39 is 10.0 Å². The van der Waals surface area contributed by atoms with Crippen molar-refractivity contribution in [1.82, 2.24) is 10.0 Å². The smallest absolute Gasteiger partial charge is 0.273 e. The second kappa shape index (κ2) is 9.12. The van der Waals surface area contributed by atoms with Gasteiger partial charge in [0.2, 0.25) is 5.09 Å². The molecule has 7 heteroatoms. The van der Waals surface area contributed by atoms with Crippen molar-refractivity contribution in [3.63, 3.8) is 0 Å². The van der Waals surface area contributed by atoms with E-state index in [-0.39, 0.29) is 5.09 Å². The Bertz CT molecular complexity index is 470. The Hall–Kier alpha value is -0.890. The monoisotopic (exact) mass is 304 g/mol. The van der Waals surface area contributed by atoms with Crippen molar-refractivity contribution >= 4 is 10.0 Å². The molecular formula is C13H24N2O4S. The molecule has 1 rings (SSSR count). The second-order valence-corrected chi connectivity index (χ2v) is 6.06. The fraction of sp³-hybridized carbons (Fsp3) is 0.692. The summed E-state index contributed by atoms with van der Waals surface area (Å²) in [5.41, 5.74) is 0. The average molecular weight is 304 g/mol. The van der Waals surface area contributed by atoms with Crippen molar-refractivity contribution in [2.45, 2.75) is 38.3 Å². The van der Waals surface area contributed by atoms with Crippen LogP contribution < -0.4 is 10.0 Å². The van der Waals surface area contributed by atoms with Gasteiger partial charge in [-0.25, -0.2) is 13.1 Å². The molecule has 0 fully saturated rings.